The summed E-state index contributed by atoms with van der Waals surface area (Å²) >= 11 is 0. The van der Waals surface area contributed by atoms with Gasteiger partial charge in [0.25, 0.3) is 0 Å². The fraction of sp³-hybridized carbons (Fsp3) is 0.733. The van der Waals surface area contributed by atoms with Crippen LogP contribution in [0.25, 0.3) is 0 Å². The van der Waals surface area contributed by atoms with E-state index in [0.29, 0.717) is 30.7 Å². The van der Waals surface area contributed by atoms with Crippen molar-refractivity contribution in [1.29, 1.82) is 0 Å². The molecule has 2 fully saturated rings. The minimum Gasteiger partial charge on any atom is -0.432 e. The molecular weight excluding hydrogens is 452 g/mol. The van der Waals surface area contributed by atoms with Gasteiger partial charge in [0.1, 0.15) is 5.75 Å². The molecule has 3 aliphatic rings. The van der Waals surface area contributed by atoms with Crippen molar-refractivity contribution in [1.82, 2.24) is 0 Å². The monoisotopic (exact) mass is 494 g/mol. The van der Waals surface area contributed by atoms with Crippen molar-refractivity contribution >= 4 is 0 Å². The Bertz CT molecular complexity index is 835. The minimum absolute atomic E-state index is 0.324. The first-order valence-corrected chi connectivity index (χ1v) is 14.0. The largest absolute Gasteiger partial charge is 0.432 e. The number of ether oxygens (including phenoxy) is 1. The SMILES string of the molecule is CCCC1CCC(CCC2=CCC(C3CCC(C(F)(F)Oc4ccc(F)c(F)c4)CC3)CC2)CC1. The van der Waals surface area contributed by atoms with Gasteiger partial charge in [-0.1, -0.05) is 57.1 Å². The maximum Gasteiger partial charge on any atom is 0.400 e. The zero-order valence-corrected chi connectivity index (χ0v) is 21.2. The van der Waals surface area contributed by atoms with E-state index < -0.39 is 23.7 Å². The van der Waals surface area contributed by atoms with Crippen LogP contribution in [0, 0.1) is 41.2 Å². The number of hydrogen-bond donors (Lipinski definition) is 0. The van der Waals surface area contributed by atoms with Crippen LogP contribution in [0.15, 0.2) is 29.8 Å². The van der Waals surface area contributed by atoms with Crippen LogP contribution in [0.1, 0.15) is 103 Å². The van der Waals surface area contributed by atoms with Crippen molar-refractivity contribution in [3.8, 4) is 5.75 Å². The summed E-state index contributed by atoms with van der Waals surface area (Å²) in [6.45, 7) is 2.30. The third-order valence-electron chi connectivity index (χ3n) is 9.14. The number of halogens is 4. The summed E-state index contributed by atoms with van der Waals surface area (Å²) < 4.78 is 60.6. The molecule has 196 valence electrons. The third kappa shape index (κ3) is 7.26. The molecule has 2 saturated carbocycles. The Kier molecular flexibility index (Phi) is 9.21. The van der Waals surface area contributed by atoms with Crippen LogP contribution in [0.4, 0.5) is 17.6 Å². The van der Waals surface area contributed by atoms with E-state index in [1.165, 1.54) is 64.2 Å². The van der Waals surface area contributed by atoms with Gasteiger partial charge in [-0.3, -0.25) is 0 Å². The second-order valence-electron chi connectivity index (χ2n) is 11.5. The highest BCUT2D eigenvalue weighted by atomic mass is 19.3. The van der Waals surface area contributed by atoms with Crippen molar-refractivity contribution in [3.63, 3.8) is 0 Å². The molecule has 35 heavy (non-hydrogen) atoms. The quantitative estimate of drug-likeness (QED) is 0.245. The van der Waals surface area contributed by atoms with E-state index in [4.69, 9.17) is 4.74 Å². The lowest BCUT2D eigenvalue weighted by molar-refractivity contribution is -0.224. The Morgan fingerprint density at radius 2 is 1.51 bits per heavy atom. The first-order valence-electron chi connectivity index (χ1n) is 14.0. The van der Waals surface area contributed by atoms with E-state index >= 15 is 0 Å². The molecule has 3 aliphatic carbocycles. The van der Waals surface area contributed by atoms with Gasteiger partial charge >= 0.3 is 6.11 Å². The third-order valence-corrected chi connectivity index (χ3v) is 9.14. The lowest BCUT2D eigenvalue weighted by Gasteiger charge is -2.37. The Hall–Kier alpha value is -1.52. The summed E-state index contributed by atoms with van der Waals surface area (Å²) in [4.78, 5) is 0. The average molecular weight is 495 g/mol. The van der Waals surface area contributed by atoms with E-state index in [-0.39, 0.29) is 5.75 Å². The number of hydrogen-bond acceptors (Lipinski definition) is 1. The smallest absolute Gasteiger partial charge is 0.400 e. The van der Waals surface area contributed by atoms with Crippen LogP contribution < -0.4 is 4.74 Å². The molecule has 0 aliphatic heterocycles. The topological polar surface area (TPSA) is 9.23 Å². The van der Waals surface area contributed by atoms with Crippen LogP contribution in [-0.4, -0.2) is 6.11 Å². The fourth-order valence-corrected chi connectivity index (χ4v) is 6.88. The molecule has 1 nitrogen and oxygen atoms in total. The predicted octanol–water partition coefficient (Wildman–Crippen LogP) is 9.86. The van der Waals surface area contributed by atoms with Crippen LogP contribution in [0.2, 0.25) is 0 Å². The molecule has 1 atom stereocenters. The maximum atomic E-state index is 14.7. The summed E-state index contributed by atoms with van der Waals surface area (Å²) in [5, 5.41) is 0. The molecule has 0 heterocycles. The predicted molar refractivity (Wildman–Crippen MR) is 132 cm³/mol. The molecule has 0 N–H and O–H groups in total. The number of alkyl halides is 2. The maximum absolute atomic E-state index is 14.7. The van der Waals surface area contributed by atoms with Gasteiger partial charge in [-0.25, -0.2) is 8.78 Å². The van der Waals surface area contributed by atoms with Crippen molar-refractivity contribution in [2.24, 2.45) is 29.6 Å². The van der Waals surface area contributed by atoms with Gasteiger partial charge in [-0.2, -0.15) is 8.78 Å². The molecule has 5 heteroatoms. The second kappa shape index (κ2) is 12.1. The zero-order chi connectivity index (χ0) is 24.8. The van der Waals surface area contributed by atoms with Crippen molar-refractivity contribution < 1.29 is 22.3 Å². The normalized spacial score (nSPS) is 30.1. The highest BCUT2D eigenvalue weighted by Gasteiger charge is 2.45. The van der Waals surface area contributed by atoms with Crippen LogP contribution >= 0.6 is 0 Å². The number of rotatable bonds is 9. The van der Waals surface area contributed by atoms with Crippen LogP contribution in [0.3, 0.4) is 0 Å². The lowest BCUT2D eigenvalue weighted by Crippen LogP contribution is -2.38. The highest BCUT2D eigenvalue weighted by molar-refractivity contribution is 5.24. The van der Waals surface area contributed by atoms with Gasteiger partial charge in [0.05, 0.1) is 5.92 Å². The molecule has 1 unspecified atom stereocenters. The van der Waals surface area contributed by atoms with E-state index in [1.54, 1.807) is 5.57 Å². The molecular formula is C30H42F4O. The Balaban J connectivity index is 1.18. The molecule has 0 spiro atoms. The van der Waals surface area contributed by atoms with Crippen molar-refractivity contribution in [2.75, 3.05) is 0 Å². The average Bonchev–Trinajstić information content (AvgIpc) is 2.86. The Morgan fingerprint density at radius 3 is 2.11 bits per heavy atom. The van der Waals surface area contributed by atoms with Crippen LogP contribution in [0.5, 0.6) is 5.75 Å². The zero-order valence-electron chi connectivity index (χ0n) is 21.2. The van der Waals surface area contributed by atoms with Gasteiger partial charge < -0.3 is 4.74 Å². The summed E-state index contributed by atoms with van der Waals surface area (Å²) in [7, 11) is 0. The summed E-state index contributed by atoms with van der Waals surface area (Å²) in [6, 6.07) is 2.57. The van der Waals surface area contributed by atoms with Gasteiger partial charge in [0.2, 0.25) is 0 Å². The standard InChI is InChI=1S/C30H42F4O/c1-2-3-21-4-6-22(7-5-21)8-9-23-10-12-24(13-11-23)25-14-16-26(17-15-25)30(33,34)35-27-18-19-28(31)29(32)20-27/h10,18-22,24-26H,2-9,11-17H2,1H3. The van der Waals surface area contributed by atoms with Gasteiger partial charge in [0.15, 0.2) is 11.6 Å². The van der Waals surface area contributed by atoms with E-state index in [0.717, 1.165) is 43.2 Å². The lowest BCUT2D eigenvalue weighted by atomic mass is 9.70. The first kappa shape index (κ1) is 26.5. The van der Waals surface area contributed by atoms with E-state index in [1.807, 2.05) is 0 Å². The molecule has 1 aromatic carbocycles. The first-order chi connectivity index (χ1) is 16.8. The molecule has 0 radical (unpaired) electrons. The van der Waals surface area contributed by atoms with E-state index in [9.17, 15) is 17.6 Å². The number of allylic oxidation sites excluding steroid dienone is 2. The Morgan fingerprint density at radius 1 is 0.829 bits per heavy atom. The highest BCUT2D eigenvalue weighted by Crippen LogP contribution is 2.45. The molecule has 0 bridgehead atoms. The summed E-state index contributed by atoms with van der Waals surface area (Å²) in [5.74, 6) is -0.469. The minimum atomic E-state index is -3.37. The molecule has 4 rings (SSSR count). The summed E-state index contributed by atoms with van der Waals surface area (Å²) in [5.41, 5.74) is 1.62. The number of benzene rings is 1. The van der Waals surface area contributed by atoms with Gasteiger partial charge in [-0.05, 0) is 93.6 Å². The van der Waals surface area contributed by atoms with E-state index in [2.05, 4.69) is 13.0 Å². The van der Waals surface area contributed by atoms with Crippen molar-refractivity contribution in [2.45, 2.75) is 109 Å². The van der Waals surface area contributed by atoms with Crippen molar-refractivity contribution in [3.05, 3.63) is 41.5 Å². The molecule has 0 aromatic heterocycles. The fourth-order valence-electron chi connectivity index (χ4n) is 6.88. The Labute approximate surface area is 208 Å². The van der Waals surface area contributed by atoms with Crippen LogP contribution in [-0.2, 0) is 0 Å². The summed E-state index contributed by atoms with van der Waals surface area (Å²) in [6.07, 6.45) is 15.9. The molecule has 1 aromatic rings. The molecule has 0 amide bonds. The van der Waals surface area contributed by atoms with Gasteiger partial charge in [-0.15, -0.1) is 0 Å². The second-order valence-corrected chi connectivity index (χ2v) is 11.5. The van der Waals surface area contributed by atoms with Gasteiger partial charge in [0, 0.05) is 6.07 Å². The molecule has 0 saturated heterocycles.